The Balaban J connectivity index is 2.13. The molecule has 0 aliphatic carbocycles. The molecule has 0 atom stereocenters. The fourth-order valence-corrected chi connectivity index (χ4v) is 2.54. The van der Waals surface area contributed by atoms with Gasteiger partial charge in [0.15, 0.2) is 0 Å². The lowest BCUT2D eigenvalue weighted by molar-refractivity contribution is 0.204. The van der Waals surface area contributed by atoms with Crippen LogP contribution < -0.4 is 5.73 Å². The van der Waals surface area contributed by atoms with Crippen molar-refractivity contribution in [1.82, 2.24) is 4.90 Å². The molecule has 0 aliphatic heterocycles. The third-order valence-corrected chi connectivity index (χ3v) is 4.18. The van der Waals surface area contributed by atoms with Gasteiger partial charge in [-0.3, -0.25) is 4.90 Å². The Morgan fingerprint density at radius 3 is 2.19 bits per heavy atom. The molecule has 2 rings (SSSR count). The summed E-state index contributed by atoms with van der Waals surface area (Å²) < 4.78 is 0. The molecule has 2 aromatic carbocycles. The smallest absolute Gasteiger partial charge is 0.0595 e. The van der Waals surface area contributed by atoms with Gasteiger partial charge < -0.3 is 5.73 Å². The van der Waals surface area contributed by atoms with Crippen molar-refractivity contribution in [3.05, 3.63) is 63.6 Å². The van der Waals surface area contributed by atoms with E-state index in [0.29, 0.717) is 16.1 Å². The summed E-state index contributed by atoms with van der Waals surface area (Å²) in [5, 5.41) is 1.19. The maximum Gasteiger partial charge on any atom is 0.0595 e. The minimum atomic E-state index is 0.417. The molecule has 21 heavy (non-hydrogen) atoms. The zero-order valence-corrected chi connectivity index (χ0v) is 13.8. The van der Waals surface area contributed by atoms with Crippen molar-refractivity contribution in [1.29, 1.82) is 0 Å². The highest BCUT2D eigenvalue weighted by molar-refractivity contribution is 6.42. The van der Waals surface area contributed by atoms with Crippen LogP contribution in [0.1, 0.15) is 25.0 Å². The minimum absolute atomic E-state index is 0.417. The highest BCUT2D eigenvalue weighted by Crippen LogP contribution is 2.24. The van der Waals surface area contributed by atoms with E-state index in [1.807, 2.05) is 36.4 Å². The van der Waals surface area contributed by atoms with Gasteiger partial charge in [0.1, 0.15) is 0 Å². The van der Waals surface area contributed by atoms with Crippen molar-refractivity contribution in [2.75, 3.05) is 5.73 Å². The van der Waals surface area contributed by atoms with E-state index < -0.39 is 0 Å². The summed E-state index contributed by atoms with van der Waals surface area (Å²) in [4.78, 5) is 2.37. The Hall–Kier alpha value is -1.22. The number of halogens is 2. The predicted molar refractivity (Wildman–Crippen MR) is 91.7 cm³/mol. The van der Waals surface area contributed by atoms with Crippen LogP contribution in [0.15, 0.2) is 42.5 Å². The fourth-order valence-electron chi connectivity index (χ4n) is 2.22. The molecule has 0 amide bonds. The molecule has 2 nitrogen and oxygen atoms in total. The molecule has 0 bridgehead atoms. The van der Waals surface area contributed by atoms with Crippen LogP contribution in [0.25, 0.3) is 0 Å². The third-order valence-electron chi connectivity index (χ3n) is 3.44. The van der Waals surface area contributed by atoms with Crippen LogP contribution in [0, 0.1) is 0 Å². The van der Waals surface area contributed by atoms with Crippen LogP contribution >= 0.6 is 23.2 Å². The lowest BCUT2D eigenvalue weighted by Crippen LogP contribution is -2.29. The van der Waals surface area contributed by atoms with Gasteiger partial charge in [0.2, 0.25) is 0 Å². The van der Waals surface area contributed by atoms with Crippen LogP contribution in [0.3, 0.4) is 0 Å². The molecule has 0 aromatic heterocycles. The topological polar surface area (TPSA) is 29.3 Å². The van der Waals surface area contributed by atoms with Crippen LogP contribution in [0.4, 0.5) is 5.69 Å². The van der Waals surface area contributed by atoms with Gasteiger partial charge in [0.25, 0.3) is 0 Å². The van der Waals surface area contributed by atoms with Crippen molar-refractivity contribution in [3.8, 4) is 0 Å². The predicted octanol–water partition coefficient (Wildman–Crippen LogP) is 4.99. The summed E-state index contributed by atoms with van der Waals surface area (Å²) in [5.41, 5.74) is 9.01. The number of hydrogen-bond acceptors (Lipinski definition) is 2. The zero-order chi connectivity index (χ0) is 15.4. The van der Waals surface area contributed by atoms with Gasteiger partial charge >= 0.3 is 0 Å². The largest absolute Gasteiger partial charge is 0.399 e. The van der Waals surface area contributed by atoms with Gasteiger partial charge in [-0.2, -0.15) is 0 Å². The lowest BCUT2D eigenvalue weighted by atomic mass is 10.1. The van der Waals surface area contributed by atoms with Gasteiger partial charge in [-0.1, -0.05) is 41.4 Å². The SMILES string of the molecule is CC(C)N(Cc1cccc(N)c1)Cc1ccc(Cl)c(Cl)c1. The quantitative estimate of drug-likeness (QED) is 0.786. The van der Waals surface area contributed by atoms with E-state index in [0.717, 1.165) is 24.3 Å². The Bertz CT molecular complexity index is 611. The average molecular weight is 323 g/mol. The first-order valence-corrected chi connectivity index (χ1v) is 7.73. The van der Waals surface area contributed by atoms with E-state index in [1.54, 1.807) is 0 Å². The van der Waals surface area contributed by atoms with Gasteiger partial charge in [0.05, 0.1) is 10.0 Å². The first-order chi connectivity index (χ1) is 9.95. The molecule has 4 heteroatoms. The van der Waals surface area contributed by atoms with Gasteiger partial charge in [-0.15, -0.1) is 0 Å². The molecule has 0 saturated heterocycles. The highest BCUT2D eigenvalue weighted by Gasteiger charge is 2.12. The van der Waals surface area contributed by atoms with Crippen molar-refractivity contribution in [2.45, 2.75) is 33.0 Å². The standard InChI is InChI=1S/C17H20Cl2N2/c1-12(2)21(10-13-4-3-5-15(20)8-13)11-14-6-7-16(18)17(19)9-14/h3-9,12H,10-11,20H2,1-2H3. The van der Waals surface area contributed by atoms with Crippen molar-refractivity contribution < 1.29 is 0 Å². The number of benzene rings is 2. The number of nitrogens with zero attached hydrogens (tertiary/aromatic N) is 1. The molecule has 0 radical (unpaired) electrons. The van der Waals surface area contributed by atoms with Gasteiger partial charge in [-0.25, -0.2) is 0 Å². The molecule has 0 spiro atoms. The third kappa shape index (κ3) is 4.63. The number of rotatable bonds is 5. The number of hydrogen-bond donors (Lipinski definition) is 1. The van der Waals surface area contributed by atoms with Gasteiger partial charge in [0, 0.05) is 24.8 Å². The molecule has 2 aromatic rings. The maximum atomic E-state index is 6.09. The van der Waals surface area contributed by atoms with Crippen LogP contribution in [0.5, 0.6) is 0 Å². The number of nitrogen functional groups attached to an aromatic ring is 1. The highest BCUT2D eigenvalue weighted by atomic mass is 35.5. The van der Waals surface area contributed by atoms with Crippen LogP contribution in [0.2, 0.25) is 10.0 Å². The Kier molecular flexibility index (Phi) is 5.51. The Morgan fingerprint density at radius 1 is 0.952 bits per heavy atom. The summed E-state index contributed by atoms with van der Waals surface area (Å²) >= 11 is 12.1. The molecular weight excluding hydrogens is 303 g/mol. The molecule has 2 N–H and O–H groups in total. The molecule has 0 unspecified atom stereocenters. The average Bonchev–Trinajstić information content (AvgIpc) is 2.42. The van der Waals surface area contributed by atoms with Crippen molar-refractivity contribution >= 4 is 28.9 Å². The molecule has 0 heterocycles. The molecule has 0 fully saturated rings. The van der Waals surface area contributed by atoms with E-state index in [4.69, 9.17) is 28.9 Å². The van der Waals surface area contributed by atoms with E-state index in [2.05, 4.69) is 24.8 Å². The second-order valence-corrected chi connectivity index (χ2v) is 6.31. The second-order valence-electron chi connectivity index (χ2n) is 5.49. The monoisotopic (exact) mass is 322 g/mol. The van der Waals surface area contributed by atoms with E-state index in [-0.39, 0.29) is 0 Å². The van der Waals surface area contributed by atoms with Gasteiger partial charge in [-0.05, 0) is 49.2 Å². The lowest BCUT2D eigenvalue weighted by Gasteiger charge is -2.27. The summed E-state index contributed by atoms with van der Waals surface area (Å²) in [5.74, 6) is 0. The molecule has 0 aliphatic rings. The minimum Gasteiger partial charge on any atom is -0.399 e. The molecule has 0 saturated carbocycles. The Labute approximate surface area is 136 Å². The first-order valence-electron chi connectivity index (χ1n) is 6.98. The molecular formula is C17H20Cl2N2. The van der Waals surface area contributed by atoms with Crippen molar-refractivity contribution in [3.63, 3.8) is 0 Å². The maximum absolute atomic E-state index is 6.09. The first kappa shape index (κ1) is 16.2. The van der Waals surface area contributed by atoms with E-state index in [1.165, 1.54) is 5.56 Å². The number of anilines is 1. The fraction of sp³-hybridized carbons (Fsp3) is 0.294. The number of nitrogens with two attached hydrogens (primary N) is 1. The summed E-state index contributed by atoms with van der Waals surface area (Å²) in [6.45, 7) is 6.04. The van der Waals surface area contributed by atoms with Crippen molar-refractivity contribution in [2.24, 2.45) is 0 Å². The van der Waals surface area contributed by atoms with Crippen LogP contribution in [-0.4, -0.2) is 10.9 Å². The van der Waals surface area contributed by atoms with E-state index >= 15 is 0 Å². The molecule has 112 valence electrons. The second kappa shape index (κ2) is 7.17. The summed E-state index contributed by atoms with van der Waals surface area (Å²) in [6.07, 6.45) is 0. The summed E-state index contributed by atoms with van der Waals surface area (Å²) in [7, 11) is 0. The van der Waals surface area contributed by atoms with Crippen LogP contribution in [-0.2, 0) is 13.1 Å². The summed E-state index contributed by atoms with van der Waals surface area (Å²) in [6, 6.07) is 14.2. The Morgan fingerprint density at radius 2 is 1.62 bits per heavy atom. The van der Waals surface area contributed by atoms with E-state index in [9.17, 15) is 0 Å². The normalized spacial score (nSPS) is 11.3. The zero-order valence-electron chi connectivity index (χ0n) is 12.3.